The molecule has 3 rings (SSSR count). The molecular weight excluding hydrogens is 264 g/mol. The first-order valence-electron chi connectivity index (χ1n) is 7.27. The Labute approximate surface area is 124 Å². The smallest absolute Gasteiger partial charge is 0.151 e. The van der Waals surface area contributed by atoms with Crippen molar-refractivity contribution >= 4 is 5.82 Å². The molecule has 2 aromatic rings. The van der Waals surface area contributed by atoms with E-state index in [1.807, 2.05) is 25.3 Å². The molecule has 1 unspecified atom stereocenters. The number of aryl methyl sites for hydroxylation is 1. The van der Waals surface area contributed by atoms with E-state index in [0.29, 0.717) is 5.92 Å². The summed E-state index contributed by atoms with van der Waals surface area (Å²) < 4.78 is 0. The van der Waals surface area contributed by atoms with Gasteiger partial charge in [-0.1, -0.05) is 0 Å². The van der Waals surface area contributed by atoms with Gasteiger partial charge in [-0.3, -0.25) is 9.97 Å². The molecule has 21 heavy (non-hydrogen) atoms. The van der Waals surface area contributed by atoms with Crippen LogP contribution in [0.25, 0.3) is 0 Å². The van der Waals surface area contributed by atoms with E-state index < -0.39 is 0 Å². The van der Waals surface area contributed by atoms with Gasteiger partial charge in [-0.2, -0.15) is 5.10 Å². The number of rotatable bonds is 5. The molecule has 1 aliphatic heterocycles. The molecule has 3 heterocycles. The quantitative estimate of drug-likeness (QED) is 0.894. The largest absolute Gasteiger partial charge is 0.354 e. The Morgan fingerprint density at radius 1 is 1.29 bits per heavy atom. The van der Waals surface area contributed by atoms with Crippen LogP contribution in [0.1, 0.15) is 24.4 Å². The monoisotopic (exact) mass is 284 g/mol. The highest BCUT2D eigenvalue weighted by atomic mass is 15.3. The van der Waals surface area contributed by atoms with Crippen molar-refractivity contribution in [3.63, 3.8) is 0 Å². The highest BCUT2D eigenvalue weighted by Gasteiger charge is 2.28. The summed E-state index contributed by atoms with van der Waals surface area (Å²) in [6.45, 7) is 7.10. The van der Waals surface area contributed by atoms with E-state index in [0.717, 1.165) is 36.8 Å². The van der Waals surface area contributed by atoms with Crippen LogP contribution in [-0.2, 0) is 0 Å². The summed E-state index contributed by atoms with van der Waals surface area (Å²) in [4.78, 5) is 10.7. The van der Waals surface area contributed by atoms with E-state index in [1.54, 1.807) is 12.4 Å². The lowest BCUT2D eigenvalue weighted by atomic mass is 9.99. The van der Waals surface area contributed by atoms with E-state index in [4.69, 9.17) is 0 Å². The third kappa shape index (κ3) is 3.33. The first kappa shape index (κ1) is 13.9. The van der Waals surface area contributed by atoms with Crippen LogP contribution in [0.2, 0.25) is 0 Å². The summed E-state index contributed by atoms with van der Waals surface area (Å²) in [6, 6.07) is 4.27. The zero-order chi connectivity index (χ0) is 14.7. The highest BCUT2D eigenvalue weighted by molar-refractivity contribution is 5.40. The second-order valence-corrected chi connectivity index (χ2v) is 5.56. The Bertz CT molecular complexity index is 564. The lowest BCUT2D eigenvalue weighted by Gasteiger charge is -2.40. The normalized spacial score (nSPS) is 16.6. The Hall–Kier alpha value is -2.08. The molecule has 1 atom stereocenters. The fourth-order valence-corrected chi connectivity index (χ4v) is 2.43. The molecule has 0 aromatic carbocycles. The summed E-state index contributed by atoms with van der Waals surface area (Å²) in [7, 11) is 0. The van der Waals surface area contributed by atoms with Gasteiger partial charge in [0.05, 0.1) is 11.4 Å². The molecule has 1 N–H and O–H groups in total. The maximum Gasteiger partial charge on any atom is 0.151 e. The van der Waals surface area contributed by atoms with Crippen LogP contribution < -0.4 is 10.2 Å². The van der Waals surface area contributed by atoms with Crippen molar-refractivity contribution in [3.05, 3.63) is 42.1 Å². The first-order chi connectivity index (χ1) is 10.2. The number of hydrogen-bond acceptors (Lipinski definition) is 6. The fourth-order valence-electron chi connectivity index (χ4n) is 2.43. The van der Waals surface area contributed by atoms with E-state index in [-0.39, 0.29) is 6.04 Å². The van der Waals surface area contributed by atoms with Crippen molar-refractivity contribution < 1.29 is 0 Å². The average Bonchev–Trinajstić information content (AvgIpc) is 2.48. The molecule has 0 spiro atoms. The molecule has 6 heteroatoms. The van der Waals surface area contributed by atoms with Gasteiger partial charge < -0.3 is 10.2 Å². The van der Waals surface area contributed by atoms with Crippen molar-refractivity contribution in [1.82, 2.24) is 25.5 Å². The lowest BCUT2D eigenvalue weighted by molar-refractivity contribution is 0.364. The first-order valence-corrected chi connectivity index (χ1v) is 7.27. The van der Waals surface area contributed by atoms with Crippen molar-refractivity contribution in [2.24, 2.45) is 5.92 Å². The van der Waals surface area contributed by atoms with Crippen LogP contribution in [0.5, 0.6) is 0 Å². The summed E-state index contributed by atoms with van der Waals surface area (Å²) in [5.74, 6) is 1.62. The maximum absolute atomic E-state index is 4.32. The lowest BCUT2D eigenvalue weighted by Crippen LogP contribution is -2.51. The van der Waals surface area contributed by atoms with Crippen LogP contribution in [0, 0.1) is 12.8 Å². The zero-order valence-corrected chi connectivity index (χ0v) is 12.4. The number of aromatic nitrogens is 4. The third-order valence-corrected chi connectivity index (χ3v) is 3.80. The standard InChI is InChI=1S/C15H20N6/c1-11-3-4-15(20-19-11)21-9-13(10-21)7-18-12(2)14-8-16-5-6-17-14/h3-6,8,12-13,18H,7,9-10H2,1-2H3. The van der Waals surface area contributed by atoms with E-state index >= 15 is 0 Å². The molecule has 1 fully saturated rings. The van der Waals surface area contributed by atoms with Crippen molar-refractivity contribution in [2.75, 3.05) is 24.5 Å². The summed E-state index contributed by atoms with van der Waals surface area (Å²) in [5.41, 5.74) is 1.94. The third-order valence-electron chi connectivity index (χ3n) is 3.80. The SMILES string of the molecule is Cc1ccc(N2CC(CNC(C)c3cnccn3)C2)nn1. The van der Waals surface area contributed by atoms with Crippen molar-refractivity contribution in [3.8, 4) is 0 Å². The second kappa shape index (κ2) is 6.13. The van der Waals surface area contributed by atoms with Gasteiger partial charge in [0.25, 0.3) is 0 Å². The predicted molar refractivity (Wildman–Crippen MR) is 80.9 cm³/mol. The van der Waals surface area contributed by atoms with Gasteiger partial charge in [0.1, 0.15) is 0 Å². The van der Waals surface area contributed by atoms with Gasteiger partial charge >= 0.3 is 0 Å². The summed E-state index contributed by atoms with van der Waals surface area (Å²) >= 11 is 0. The molecular formula is C15H20N6. The molecule has 0 aliphatic carbocycles. The number of hydrogen-bond donors (Lipinski definition) is 1. The predicted octanol–water partition coefficient (Wildman–Crippen LogP) is 1.36. The molecule has 110 valence electrons. The molecule has 0 radical (unpaired) electrons. The molecule has 1 saturated heterocycles. The Morgan fingerprint density at radius 3 is 2.81 bits per heavy atom. The van der Waals surface area contributed by atoms with E-state index in [1.165, 1.54) is 0 Å². The van der Waals surface area contributed by atoms with Gasteiger partial charge in [0.2, 0.25) is 0 Å². The Morgan fingerprint density at radius 2 is 2.14 bits per heavy atom. The molecule has 2 aromatic heterocycles. The molecule has 0 bridgehead atoms. The average molecular weight is 284 g/mol. The Kier molecular flexibility index (Phi) is 4.06. The molecule has 6 nitrogen and oxygen atoms in total. The van der Waals surface area contributed by atoms with Gasteiger partial charge in [-0.25, -0.2) is 0 Å². The minimum absolute atomic E-state index is 0.229. The minimum Gasteiger partial charge on any atom is -0.354 e. The van der Waals surface area contributed by atoms with E-state index in [2.05, 4.69) is 37.3 Å². The molecule has 1 aliphatic rings. The van der Waals surface area contributed by atoms with Crippen LogP contribution >= 0.6 is 0 Å². The minimum atomic E-state index is 0.229. The Balaban J connectivity index is 1.44. The van der Waals surface area contributed by atoms with Gasteiger partial charge in [0, 0.05) is 50.2 Å². The maximum atomic E-state index is 4.32. The summed E-state index contributed by atoms with van der Waals surface area (Å²) in [6.07, 6.45) is 5.24. The number of nitrogens with zero attached hydrogens (tertiary/aromatic N) is 5. The van der Waals surface area contributed by atoms with E-state index in [9.17, 15) is 0 Å². The number of nitrogens with one attached hydrogen (secondary N) is 1. The van der Waals surface area contributed by atoms with Crippen LogP contribution in [0.15, 0.2) is 30.7 Å². The molecule has 0 amide bonds. The topological polar surface area (TPSA) is 66.8 Å². The highest BCUT2D eigenvalue weighted by Crippen LogP contribution is 2.22. The summed E-state index contributed by atoms with van der Waals surface area (Å²) in [5, 5.41) is 11.8. The zero-order valence-electron chi connectivity index (χ0n) is 12.4. The van der Waals surface area contributed by atoms with Gasteiger partial charge in [-0.05, 0) is 26.0 Å². The van der Waals surface area contributed by atoms with Gasteiger partial charge in [0.15, 0.2) is 5.82 Å². The van der Waals surface area contributed by atoms with Crippen molar-refractivity contribution in [2.45, 2.75) is 19.9 Å². The van der Waals surface area contributed by atoms with Crippen LogP contribution in [0.3, 0.4) is 0 Å². The van der Waals surface area contributed by atoms with Crippen LogP contribution in [-0.4, -0.2) is 39.8 Å². The fraction of sp³-hybridized carbons (Fsp3) is 0.467. The molecule has 0 saturated carbocycles. The second-order valence-electron chi connectivity index (χ2n) is 5.56. The number of anilines is 1. The van der Waals surface area contributed by atoms with Crippen molar-refractivity contribution in [1.29, 1.82) is 0 Å². The van der Waals surface area contributed by atoms with Crippen LogP contribution in [0.4, 0.5) is 5.82 Å². The van der Waals surface area contributed by atoms with Gasteiger partial charge in [-0.15, -0.1) is 5.10 Å².